The molecule has 1 saturated heterocycles. The number of nitrogens with one attached hydrogen (secondary N) is 1. The van der Waals surface area contributed by atoms with Crippen LogP contribution in [-0.2, 0) is 11.3 Å². The largest absolute Gasteiger partial charge is 0.481 e. The Morgan fingerprint density at radius 3 is 3.05 bits per heavy atom. The molecule has 1 fully saturated rings. The zero-order chi connectivity index (χ0) is 13.8. The molecular formula is C12H17N3O4. The highest BCUT2D eigenvalue weighted by molar-refractivity contribution is 5.76. The Morgan fingerprint density at radius 2 is 2.42 bits per heavy atom. The first kappa shape index (κ1) is 13.4. The topological polar surface area (TPSA) is 95.7 Å². The fourth-order valence-corrected chi connectivity index (χ4v) is 2.14. The molecule has 2 heterocycles. The van der Waals surface area contributed by atoms with Crippen LogP contribution in [0.2, 0.25) is 0 Å². The van der Waals surface area contributed by atoms with Crippen molar-refractivity contribution < 1.29 is 19.2 Å². The van der Waals surface area contributed by atoms with Gasteiger partial charge in [-0.3, -0.25) is 4.79 Å². The molecule has 0 aliphatic carbocycles. The highest BCUT2D eigenvalue weighted by Gasteiger charge is 2.27. The second-order valence-corrected chi connectivity index (χ2v) is 4.72. The van der Waals surface area contributed by atoms with Crippen LogP contribution < -0.4 is 5.32 Å². The summed E-state index contributed by atoms with van der Waals surface area (Å²) in [4.78, 5) is 24.4. The average molecular weight is 267 g/mol. The first-order valence-corrected chi connectivity index (χ1v) is 6.24. The van der Waals surface area contributed by atoms with Crippen LogP contribution >= 0.6 is 0 Å². The van der Waals surface area contributed by atoms with Crippen molar-refractivity contribution in [2.45, 2.75) is 26.3 Å². The summed E-state index contributed by atoms with van der Waals surface area (Å²) < 4.78 is 4.98. The molecule has 19 heavy (non-hydrogen) atoms. The maximum Gasteiger partial charge on any atom is 0.317 e. The second kappa shape index (κ2) is 5.73. The van der Waals surface area contributed by atoms with Gasteiger partial charge in [-0.1, -0.05) is 5.16 Å². The molecule has 2 amide bonds. The fraction of sp³-hybridized carbons (Fsp3) is 0.583. The summed E-state index contributed by atoms with van der Waals surface area (Å²) >= 11 is 0. The van der Waals surface area contributed by atoms with Crippen LogP contribution in [-0.4, -0.2) is 40.3 Å². The molecule has 2 rings (SSSR count). The van der Waals surface area contributed by atoms with E-state index in [0.29, 0.717) is 25.1 Å². The van der Waals surface area contributed by atoms with Crippen LogP contribution in [0.25, 0.3) is 0 Å². The van der Waals surface area contributed by atoms with Crippen LogP contribution in [0.3, 0.4) is 0 Å². The number of aryl methyl sites for hydroxylation is 1. The van der Waals surface area contributed by atoms with Crippen molar-refractivity contribution in [1.82, 2.24) is 15.4 Å². The minimum Gasteiger partial charge on any atom is -0.481 e. The van der Waals surface area contributed by atoms with E-state index in [9.17, 15) is 9.59 Å². The minimum atomic E-state index is -0.844. The van der Waals surface area contributed by atoms with Gasteiger partial charge in [-0.05, 0) is 19.8 Å². The van der Waals surface area contributed by atoms with Crippen LogP contribution in [0.15, 0.2) is 10.6 Å². The number of carboxylic acid groups (broad SMARTS) is 1. The number of urea groups is 1. The minimum absolute atomic E-state index is 0.258. The lowest BCUT2D eigenvalue weighted by Gasteiger charge is -2.30. The van der Waals surface area contributed by atoms with Crippen LogP contribution in [0.1, 0.15) is 24.3 Å². The van der Waals surface area contributed by atoms with Gasteiger partial charge in [0.25, 0.3) is 0 Å². The molecule has 104 valence electrons. The Morgan fingerprint density at radius 1 is 1.63 bits per heavy atom. The Labute approximate surface area is 110 Å². The number of carbonyl (C=O) groups is 2. The molecule has 1 aromatic rings. The van der Waals surface area contributed by atoms with Crippen molar-refractivity contribution in [1.29, 1.82) is 0 Å². The molecule has 1 atom stereocenters. The summed E-state index contributed by atoms with van der Waals surface area (Å²) in [6, 6.07) is 1.48. The van der Waals surface area contributed by atoms with Crippen LogP contribution in [0, 0.1) is 12.8 Å². The SMILES string of the molecule is Cc1cc(CNC(=O)N2CCC[C@@H](C(=O)O)C2)on1. The van der Waals surface area contributed by atoms with Gasteiger partial charge < -0.3 is 19.8 Å². The van der Waals surface area contributed by atoms with Crippen LogP contribution in [0.5, 0.6) is 0 Å². The molecule has 0 spiro atoms. The lowest BCUT2D eigenvalue weighted by molar-refractivity contribution is -0.143. The fourth-order valence-electron chi connectivity index (χ4n) is 2.14. The zero-order valence-corrected chi connectivity index (χ0v) is 10.8. The predicted octanol–water partition coefficient (Wildman–Crippen LogP) is 0.989. The van der Waals surface area contributed by atoms with Gasteiger partial charge in [-0.15, -0.1) is 0 Å². The van der Waals surface area contributed by atoms with Crippen molar-refractivity contribution in [2.24, 2.45) is 5.92 Å². The van der Waals surface area contributed by atoms with Crippen LogP contribution in [0.4, 0.5) is 4.79 Å². The molecule has 0 bridgehead atoms. The Balaban J connectivity index is 1.84. The monoisotopic (exact) mass is 267 g/mol. The number of carboxylic acids is 1. The Hall–Kier alpha value is -2.05. The highest BCUT2D eigenvalue weighted by atomic mass is 16.5. The summed E-state index contributed by atoms with van der Waals surface area (Å²) in [6.07, 6.45) is 1.34. The van der Waals surface area contributed by atoms with E-state index < -0.39 is 11.9 Å². The number of piperidine rings is 1. The standard InChI is InChI=1S/C12H17N3O4/c1-8-5-10(19-14-8)6-13-12(18)15-4-2-3-9(7-15)11(16)17/h5,9H,2-4,6-7H2,1H3,(H,13,18)(H,16,17)/t9-/m1/s1. The molecule has 0 radical (unpaired) electrons. The summed E-state index contributed by atoms with van der Waals surface area (Å²) in [7, 11) is 0. The molecule has 7 nitrogen and oxygen atoms in total. The normalized spacial score (nSPS) is 19.2. The van der Waals surface area contributed by atoms with Crippen molar-refractivity contribution >= 4 is 12.0 Å². The van der Waals surface area contributed by atoms with Gasteiger partial charge in [0.15, 0.2) is 5.76 Å². The molecule has 2 N–H and O–H groups in total. The van der Waals surface area contributed by atoms with Crippen molar-refractivity contribution in [2.75, 3.05) is 13.1 Å². The molecule has 1 aromatic heterocycles. The highest BCUT2D eigenvalue weighted by Crippen LogP contribution is 2.16. The number of aliphatic carboxylic acids is 1. The van der Waals surface area contributed by atoms with Gasteiger partial charge >= 0.3 is 12.0 Å². The van der Waals surface area contributed by atoms with E-state index in [0.717, 1.165) is 5.69 Å². The first-order valence-electron chi connectivity index (χ1n) is 6.24. The molecule has 0 unspecified atom stereocenters. The lowest BCUT2D eigenvalue weighted by Crippen LogP contribution is -2.46. The zero-order valence-electron chi connectivity index (χ0n) is 10.8. The van der Waals surface area contributed by atoms with Gasteiger partial charge in [0.1, 0.15) is 0 Å². The molecule has 0 saturated carbocycles. The summed E-state index contributed by atoms with van der Waals surface area (Å²) in [5.41, 5.74) is 0.758. The van der Waals surface area contributed by atoms with E-state index in [1.165, 1.54) is 4.90 Å². The smallest absolute Gasteiger partial charge is 0.317 e. The molecule has 0 aromatic carbocycles. The van der Waals surface area contributed by atoms with E-state index in [-0.39, 0.29) is 19.1 Å². The number of hydrogen-bond acceptors (Lipinski definition) is 4. The first-order chi connectivity index (χ1) is 9.06. The number of hydrogen-bond donors (Lipinski definition) is 2. The number of rotatable bonds is 3. The number of likely N-dealkylation sites (tertiary alicyclic amines) is 1. The van der Waals surface area contributed by atoms with Crippen molar-refractivity contribution in [3.05, 3.63) is 17.5 Å². The maximum absolute atomic E-state index is 11.9. The van der Waals surface area contributed by atoms with E-state index in [1.807, 2.05) is 0 Å². The molecule has 1 aliphatic heterocycles. The number of aromatic nitrogens is 1. The van der Waals surface area contributed by atoms with E-state index in [2.05, 4.69) is 10.5 Å². The molecule has 1 aliphatic rings. The Kier molecular flexibility index (Phi) is 4.03. The summed E-state index contributed by atoms with van der Waals surface area (Å²) in [5, 5.41) is 15.4. The third kappa shape index (κ3) is 3.46. The van der Waals surface area contributed by atoms with Crippen molar-refractivity contribution in [3.63, 3.8) is 0 Å². The number of carbonyl (C=O) groups excluding carboxylic acids is 1. The van der Waals surface area contributed by atoms with Gasteiger partial charge in [0.05, 0.1) is 18.2 Å². The maximum atomic E-state index is 11.9. The van der Waals surface area contributed by atoms with Gasteiger partial charge in [-0.2, -0.15) is 0 Å². The third-order valence-corrected chi connectivity index (χ3v) is 3.15. The summed E-state index contributed by atoms with van der Waals surface area (Å²) in [6.45, 7) is 2.91. The average Bonchev–Trinajstić information content (AvgIpc) is 2.82. The Bertz CT molecular complexity index is 471. The van der Waals surface area contributed by atoms with E-state index >= 15 is 0 Å². The number of amides is 2. The third-order valence-electron chi connectivity index (χ3n) is 3.15. The quantitative estimate of drug-likeness (QED) is 0.851. The second-order valence-electron chi connectivity index (χ2n) is 4.72. The molecule has 7 heteroatoms. The van der Waals surface area contributed by atoms with Gasteiger partial charge in [0, 0.05) is 19.2 Å². The van der Waals surface area contributed by atoms with E-state index in [1.54, 1.807) is 13.0 Å². The van der Waals surface area contributed by atoms with Gasteiger partial charge in [0.2, 0.25) is 0 Å². The number of nitrogens with zero attached hydrogens (tertiary/aromatic N) is 2. The van der Waals surface area contributed by atoms with Crippen molar-refractivity contribution in [3.8, 4) is 0 Å². The lowest BCUT2D eigenvalue weighted by atomic mass is 9.99. The van der Waals surface area contributed by atoms with Gasteiger partial charge in [-0.25, -0.2) is 4.79 Å². The molecular weight excluding hydrogens is 250 g/mol. The predicted molar refractivity (Wildman–Crippen MR) is 65.4 cm³/mol. The van der Waals surface area contributed by atoms with E-state index in [4.69, 9.17) is 9.63 Å². The summed E-state index contributed by atoms with van der Waals surface area (Å²) in [5.74, 6) is -0.729.